The van der Waals surface area contributed by atoms with E-state index in [1.54, 1.807) is 0 Å². The summed E-state index contributed by atoms with van der Waals surface area (Å²) in [6, 6.07) is 66.5. The maximum Gasteiger partial charge on any atom is 0.164 e. The van der Waals surface area contributed by atoms with Crippen LogP contribution in [0.1, 0.15) is 25.0 Å². The quantitative estimate of drug-likeness (QED) is 0.164. The lowest BCUT2D eigenvalue weighted by Crippen LogP contribution is -2.17. The molecule has 12 rings (SSSR count). The van der Waals surface area contributed by atoms with Gasteiger partial charge in [0.2, 0.25) is 0 Å². The minimum absolute atomic E-state index is 0.248. The SMILES string of the molecule is CC1(C)c2ccccc2-c2cccc(-c3nc(-c4cccc(-c5ccc6c(c5)oc5cccc(-c7ccccc7)c56)c4)nc(-c4cc5ccccc5c5ccccc45)n3)c21. The molecule has 2 aromatic heterocycles. The van der Waals surface area contributed by atoms with Gasteiger partial charge in [0.15, 0.2) is 17.5 Å². The first kappa shape index (κ1) is 34.4. The predicted molar refractivity (Wildman–Crippen MR) is 247 cm³/mol. The molecule has 0 N–H and O–H groups in total. The lowest BCUT2D eigenvalue weighted by Gasteiger charge is -2.24. The zero-order chi connectivity index (χ0) is 40.0. The molecule has 0 aliphatic heterocycles. The Bertz CT molecular complexity index is 3530. The number of hydrogen-bond acceptors (Lipinski definition) is 4. The fourth-order valence-electron chi connectivity index (χ4n) is 9.72. The molecule has 9 aromatic carbocycles. The van der Waals surface area contributed by atoms with Crippen molar-refractivity contribution < 1.29 is 4.42 Å². The summed E-state index contributed by atoms with van der Waals surface area (Å²) >= 11 is 0. The Morgan fingerprint density at radius 2 is 0.983 bits per heavy atom. The first-order valence-electron chi connectivity index (χ1n) is 20.5. The minimum Gasteiger partial charge on any atom is -0.456 e. The largest absolute Gasteiger partial charge is 0.456 e. The third-order valence-electron chi connectivity index (χ3n) is 12.5. The zero-order valence-corrected chi connectivity index (χ0v) is 33.1. The number of nitrogens with zero attached hydrogens (tertiary/aromatic N) is 3. The molecular formula is C56H37N3O. The highest BCUT2D eigenvalue weighted by Gasteiger charge is 2.38. The van der Waals surface area contributed by atoms with Gasteiger partial charge in [-0.05, 0) is 96.4 Å². The topological polar surface area (TPSA) is 51.8 Å². The number of fused-ring (bicyclic) bond motifs is 9. The molecule has 0 spiro atoms. The second-order valence-electron chi connectivity index (χ2n) is 16.3. The van der Waals surface area contributed by atoms with Crippen LogP contribution in [-0.4, -0.2) is 15.0 Å². The summed E-state index contributed by atoms with van der Waals surface area (Å²) in [6.45, 7) is 4.62. The maximum atomic E-state index is 6.53. The molecule has 282 valence electrons. The normalized spacial score (nSPS) is 13.0. The smallest absolute Gasteiger partial charge is 0.164 e. The standard InChI is InChI=1S/C56H37N3O/c1-56(2)48-27-11-10-23-43(48)44-25-13-26-46(52(44)56)54-57-53(58-55(59-54)47-32-37-17-6-7-20-39(37)41-21-8-9-22-42(41)47)38-19-12-18-35(31-38)36-29-30-45-50(33-36)60-49-28-14-24-40(51(45)49)34-15-4-3-5-16-34/h3-33H,1-2H3. The van der Waals surface area contributed by atoms with Gasteiger partial charge in [0.1, 0.15) is 11.2 Å². The molecule has 0 bridgehead atoms. The van der Waals surface area contributed by atoms with Crippen molar-refractivity contribution >= 4 is 43.5 Å². The summed E-state index contributed by atoms with van der Waals surface area (Å²) in [5.74, 6) is 1.93. The lowest BCUT2D eigenvalue weighted by molar-refractivity contribution is 0.661. The summed E-state index contributed by atoms with van der Waals surface area (Å²) in [4.78, 5) is 16.1. The van der Waals surface area contributed by atoms with Crippen molar-refractivity contribution in [1.29, 1.82) is 0 Å². The minimum atomic E-state index is -0.248. The van der Waals surface area contributed by atoms with E-state index in [0.717, 1.165) is 60.5 Å². The van der Waals surface area contributed by atoms with E-state index in [-0.39, 0.29) is 5.41 Å². The van der Waals surface area contributed by atoms with Crippen molar-refractivity contribution in [2.75, 3.05) is 0 Å². The van der Waals surface area contributed by atoms with E-state index in [2.05, 4.69) is 202 Å². The van der Waals surface area contributed by atoms with E-state index in [1.807, 2.05) is 0 Å². The van der Waals surface area contributed by atoms with Crippen molar-refractivity contribution in [3.05, 3.63) is 199 Å². The molecule has 0 amide bonds. The second-order valence-corrected chi connectivity index (χ2v) is 16.3. The fourth-order valence-corrected chi connectivity index (χ4v) is 9.72. The van der Waals surface area contributed by atoms with Crippen LogP contribution in [0, 0.1) is 0 Å². The molecule has 0 saturated heterocycles. The van der Waals surface area contributed by atoms with E-state index in [1.165, 1.54) is 44.2 Å². The molecule has 0 saturated carbocycles. The summed E-state index contributed by atoms with van der Waals surface area (Å²) in [5.41, 5.74) is 13.9. The van der Waals surface area contributed by atoms with Crippen molar-refractivity contribution in [2.24, 2.45) is 0 Å². The monoisotopic (exact) mass is 767 g/mol. The van der Waals surface area contributed by atoms with Crippen LogP contribution >= 0.6 is 0 Å². The van der Waals surface area contributed by atoms with Gasteiger partial charge in [0.25, 0.3) is 0 Å². The Balaban J connectivity index is 1.05. The van der Waals surface area contributed by atoms with Crippen molar-refractivity contribution in [3.8, 4) is 67.5 Å². The van der Waals surface area contributed by atoms with E-state index in [4.69, 9.17) is 19.4 Å². The lowest BCUT2D eigenvalue weighted by atomic mass is 9.80. The van der Waals surface area contributed by atoms with E-state index < -0.39 is 0 Å². The van der Waals surface area contributed by atoms with Gasteiger partial charge in [0, 0.05) is 32.9 Å². The first-order valence-corrected chi connectivity index (χ1v) is 20.5. The van der Waals surface area contributed by atoms with Crippen LogP contribution in [-0.2, 0) is 5.41 Å². The number of furan rings is 1. The molecule has 60 heavy (non-hydrogen) atoms. The Morgan fingerprint density at radius 1 is 0.367 bits per heavy atom. The Labute approximate surface area is 347 Å². The molecule has 2 heterocycles. The third kappa shape index (κ3) is 5.27. The van der Waals surface area contributed by atoms with Crippen LogP contribution in [0.2, 0.25) is 0 Å². The molecule has 0 atom stereocenters. The van der Waals surface area contributed by atoms with Gasteiger partial charge in [-0.25, -0.2) is 15.0 Å². The summed E-state index contributed by atoms with van der Waals surface area (Å²) in [7, 11) is 0. The maximum absolute atomic E-state index is 6.53. The average molecular weight is 768 g/mol. The predicted octanol–water partition coefficient (Wildman–Crippen LogP) is 14.7. The third-order valence-corrected chi connectivity index (χ3v) is 12.5. The van der Waals surface area contributed by atoms with Gasteiger partial charge in [-0.2, -0.15) is 0 Å². The van der Waals surface area contributed by atoms with E-state index in [0.29, 0.717) is 17.5 Å². The van der Waals surface area contributed by atoms with Crippen LogP contribution in [0.25, 0.3) is 111 Å². The summed E-state index contributed by atoms with van der Waals surface area (Å²) in [6.07, 6.45) is 0. The van der Waals surface area contributed by atoms with Gasteiger partial charge in [-0.3, -0.25) is 0 Å². The van der Waals surface area contributed by atoms with Crippen LogP contribution < -0.4 is 0 Å². The Hall–Kier alpha value is -7.69. The highest BCUT2D eigenvalue weighted by molar-refractivity contribution is 6.14. The van der Waals surface area contributed by atoms with Crippen molar-refractivity contribution in [1.82, 2.24) is 15.0 Å². The van der Waals surface area contributed by atoms with Gasteiger partial charge < -0.3 is 4.42 Å². The highest BCUT2D eigenvalue weighted by Crippen LogP contribution is 2.52. The Morgan fingerprint density at radius 3 is 1.87 bits per heavy atom. The van der Waals surface area contributed by atoms with Crippen LogP contribution in [0.15, 0.2) is 192 Å². The number of hydrogen-bond donors (Lipinski definition) is 0. The molecule has 1 aliphatic carbocycles. The van der Waals surface area contributed by atoms with E-state index in [9.17, 15) is 0 Å². The van der Waals surface area contributed by atoms with Crippen molar-refractivity contribution in [2.45, 2.75) is 19.3 Å². The van der Waals surface area contributed by atoms with Gasteiger partial charge in [0.05, 0.1) is 0 Å². The van der Waals surface area contributed by atoms with Gasteiger partial charge >= 0.3 is 0 Å². The molecule has 11 aromatic rings. The van der Waals surface area contributed by atoms with Crippen LogP contribution in [0.4, 0.5) is 0 Å². The highest BCUT2D eigenvalue weighted by atomic mass is 16.3. The Kier molecular flexibility index (Phi) is 7.54. The first-order chi connectivity index (χ1) is 29.5. The number of rotatable bonds is 5. The number of aromatic nitrogens is 3. The van der Waals surface area contributed by atoms with Crippen molar-refractivity contribution in [3.63, 3.8) is 0 Å². The summed E-state index contributed by atoms with van der Waals surface area (Å²) in [5, 5.41) is 6.85. The fraction of sp³-hybridized carbons (Fsp3) is 0.0536. The molecule has 0 unspecified atom stereocenters. The summed E-state index contributed by atoms with van der Waals surface area (Å²) < 4.78 is 6.53. The number of benzene rings is 9. The average Bonchev–Trinajstić information content (AvgIpc) is 3.80. The second kappa shape index (κ2) is 13.2. The molecule has 4 heteroatoms. The van der Waals surface area contributed by atoms with Gasteiger partial charge in [-0.1, -0.05) is 172 Å². The molecule has 4 nitrogen and oxygen atoms in total. The molecule has 0 fully saturated rings. The zero-order valence-electron chi connectivity index (χ0n) is 33.1. The van der Waals surface area contributed by atoms with Crippen LogP contribution in [0.3, 0.4) is 0 Å². The molecule has 0 radical (unpaired) electrons. The molecule has 1 aliphatic rings. The van der Waals surface area contributed by atoms with Crippen LogP contribution in [0.5, 0.6) is 0 Å². The van der Waals surface area contributed by atoms with Gasteiger partial charge in [-0.15, -0.1) is 0 Å². The van der Waals surface area contributed by atoms with E-state index >= 15 is 0 Å². The molecular weight excluding hydrogens is 731 g/mol.